The van der Waals surface area contributed by atoms with Crippen molar-refractivity contribution < 1.29 is 23.0 Å². The van der Waals surface area contributed by atoms with Crippen LogP contribution in [0.2, 0.25) is 0 Å². The zero-order valence-corrected chi connectivity index (χ0v) is 12.3. The lowest BCUT2D eigenvalue weighted by Gasteiger charge is -2.07. The second-order valence-electron chi connectivity index (χ2n) is 4.79. The van der Waals surface area contributed by atoms with Crippen LogP contribution < -0.4 is 9.47 Å². The highest BCUT2D eigenvalue weighted by molar-refractivity contribution is 5.91. The summed E-state index contributed by atoms with van der Waals surface area (Å²) in [5.74, 6) is -1.39. The molecule has 0 aliphatic heterocycles. The van der Waals surface area contributed by atoms with Crippen LogP contribution in [0.3, 0.4) is 0 Å². The average Bonchev–Trinajstić information content (AvgIpc) is 2.57. The van der Waals surface area contributed by atoms with E-state index in [4.69, 9.17) is 9.47 Å². The molecule has 24 heavy (non-hydrogen) atoms. The number of ether oxygens (including phenoxy) is 2. The minimum absolute atomic E-state index is 0.207. The fourth-order valence-corrected chi connectivity index (χ4v) is 1.94. The van der Waals surface area contributed by atoms with Gasteiger partial charge in [0.2, 0.25) is 5.88 Å². The van der Waals surface area contributed by atoms with Gasteiger partial charge in [-0.3, -0.25) is 0 Å². The van der Waals surface area contributed by atoms with Crippen molar-refractivity contribution in [2.75, 3.05) is 0 Å². The number of hydrogen-bond acceptors (Lipinski definition) is 4. The number of esters is 1. The molecule has 0 spiro atoms. The molecule has 1 aromatic heterocycles. The van der Waals surface area contributed by atoms with Gasteiger partial charge in [0.25, 0.3) is 0 Å². The van der Waals surface area contributed by atoms with E-state index < -0.39 is 17.6 Å². The van der Waals surface area contributed by atoms with E-state index >= 15 is 0 Å². The standard InChI is InChI=1S/C18H11F2NO3/c19-13-9-12(10-14(20)11-13)18(22)24-16-6-4-15(5-7-16)23-17-3-1-2-8-21-17/h1-11H. The van der Waals surface area contributed by atoms with Gasteiger partial charge >= 0.3 is 5.97 Å². The Balaban J connectivity index is 1.68. The van der Waals surface area contributed by atoms with E-state index in [1.807, 2.05) is 0 Å². The maximum atomic E-state index is 13.1. The van der Waals surface area contributed by atoms with E-state index in [2.05, 4.69) is 4.98 Å². The first-order valence-corrected chi connectivity index (χ1v) is 6.97. The molecule has 3 rings (SSSR count). The van der Waals surface area contributed by atoms with E-state index in [1.165, 1.54) is 12.1 Å². The SMILES string of the molecule is O=C(Oc1ccc(Oc2ccccn2)cc1)c1cc(F)cc(F)c1. The molecule has 120 valence electrons. The first kappa shape index (κ1) is 15.6. The topological polar surface area (TPSA) is 48.4 Å². The van der Waals surface area contributed by atoms with Crippen molar-refractivity contribution in [3.05, 3.63) is 84.1 Å². The number of halogens is 2. The van der Waals surface area contributed by atoms with Crippen molar-refractivity contribution in [1.29, 1.82) is 0 Å². The number of rotatable bonds is 4. The predicted molar refractivity (Wildman–Crippen MR) is 82.1 cm³/mol. The van der Waals surface area contributed by atoms with Crippen LogP contribution in [0.5, 0.6) is 17.4 Å². The molecule has 0 saturated carbocycles. The third-order valence-electron chi connectivity index (χ3n) is 2.99. The van der Waals surface area contributed by atoms with Gasteiger partial charge in [0.1, 0.15) is 23.1 Å². The highest BCUT2D eigenvalue weighted by Gasteiger charge is 2.12. The van der Waals surface area contributed by atoms with Crippen LogP contribution in [0, 0.1) is 11.6 Å². The number of hydrogen-bond donors (Lipinski definition) is 0. The second-order valence-corrected chi connectivity index (χ2v) is 4.79. The molecule has 0 N–H and O–H groups in total. The maximum absolute atomic E-state index is 13.1. The van der Waals surface area contributed by atoms with Gasteiger partial charge in [-0.2, -0.15) is 0 Å². The zero-order chi connectivity index (χ0) is 16.9. The second kappa shape index (κ2) is 6.87. The summed E-state index contributed by atoms with van der Waals surface area (Å²) in [5, 5.41) is 0. The number of pyridine rings is 1. The average molecular weight is 327 g/mol. The molecule has 1 heterocycles. The molecule has 0 bridgehead atoms. The Bertz CT molecular complexity index is 832. The first-order valence-electron chi connectivity index (χ1n) is 6.97. The summed E-state index contributed by atoms with van der Waals surface area (Å²) in [6.07, 6.45) is 1.60. The summed E-state index contributed by atoms with van der Waals surface area (Å²) in [5.41, 5.74) is -0.207. The van der Waals surface area contributed by atoms with Crippen LogP contribution in [-0.2, 0) is 0 Å². The van der Waals surface area contributed by atoms with Gasteiger partial charge < -0.3 is 9.47 Å². The molecule has 0 aliphatic carbocycles. The molecule has 3 aromatic rings. The summed E-state index contributed by atoms with van der Waals surface area (Å²) in [7, 11) is 0. The molecular formula is C18H11F2NO3. The van der Waals surface area contributed by atoms with E-state index in [0.717, 1.165) is 12.1 Å². The predicted octanol–water partition coefficient (Wildman–Crippen LogP) is 4.37. The van der Waals surface area contributed by atoms with Crippen LogP contribution >= 0.6 is 0 Å². The normalized spacial score (nSPS) is 10.2. The van der Waals surface area contributed by atoms with Gasteiger partial charge in [-0.15, -0.1) is 0 Å². The monoisotopic (exact) mass is 327 g/mol. The smallest absolute Gasteiger partial charge is 0.343 e. The number of benzene rings is 2. The van der Waals surface area contributed by atoms with Gasteiger partial charge in [0.05, 0.1) is 5.56 Å². The van der Waals surface area contributed by atoms with Gasteiger partial charge in [0.15, 0.2) is 0 Å². The number of carbonyl (C=O) groups excluding carboxylic acids is 1. The fourth-order valence-electron chi connectivity index (χ4n) is 1.94. The lowest BCUT2D eigenvalue weighted by atomic mass is 10.2. The summed E-state index contributed by atoms with van der Waals surface area (Å²) in [6, 6.07) is 13.9. The number of aromatic nitrogens is 1. The minimum atomic E-state index is -0.855. The summed E-state index contributed by atoms with van der Waals surface area (Å²) in [6.45, 7) is 0. The van der Waals surface area contributed by atoms with Crippen molar-refractivity contribution in [2.24, 2.45) is 0 Å². The fraction of sp³-hybridized carbons (Fsp3) is 0. The van der Waals surface area contributed by atoms with Crippen molar-refractivity contribution in [1.82, 2.24) is 4.98 Å². The largest absolute Gasteiger partial charge is 0.439 e. The molecule has 4 nitrogen and oxygen atoms in total. The minimum Gasteiger partial charge on any atom is -0.439 e. The van der Waals surface area contributed by atoms with Gasteiger partial charge in [-0.1, -0.05) is 6.07 Å². The Kier molecular flexibility index (Phi) is 4.47. The van der Waals surface area contributed by atoms with Crippen LogP contribution in [0.15, 0.2) is 66.9 Å². The first-order chi connectivity index (χ1) is 11.6. The Morgan fingerprint density at radius 3 is 2.17 bits per heavy atom. The molecule has 2 aromatic carbocycles. The lowest BCUT2D eigenvalue weighted by Crippen LogP contribution is -2.09. The third kappa shape index (κ3) is 3.92. The van der Waals surface area contributed by atoms with Crippen LogP contribution in [-0.4, -0.2) is 11.0 Å². The lowest BCUT2D eigenvalue weighted by molar-refractivity contribution is 0.0733. The molecule has 0 amide bonds. The number of carbonyl (C=O) groups is 1. The van der Waals surface area contributed by atoms with Gasteiger partial charge in [0, 0.05) is 18.3 Å². The van der Waals surface area contributed by atoms with Crippen LogP contribution in [0.4, 0.5) is 8.78 Å². The van der Waals surface area contributed by atoms with Crippen molar-refractivity contribution in [2.45, 2.75) is 0 Å². The molecule has 0 saturated heterocycles. The molecule has 6 heteroatoms. The Morgan fingerprint density at radius 2 is 1.54 bits per heavy atom. The summed E-state index contributed by atoms with van der Waals surface area (Å²) >= 11 is 0. The van der Waals surface area contributed by atoms with E-state index in [0.29, 0.717) is 17.7 Å². The molecule has 0 radical (unpaired) electrons. The highest BCUT2D eigenvalue weighted by atomic mass is 19.1. The van der Waals surface area contributed by atoms with E-state index in [1.54, 1.807) is 36.5 Å². The van der Waals surface area contributed by atoms with E-state index in [9.17, 15) is 13.6 Å². The van der Waals surface area contributed by atoms with E-state index in [-0.39, 0.29) is 11.3 Å². The van der Waals surface area contributed by atoms with Gasteiger partial charge in [-0.05, 0) is 42.5 Å². The maximum Gasteiger partial charge on any atom is 0.343 e. The Morgan fingerprint density at radius 1 is 0.875 bits per heavy atom. The number of nitrogens with zero attached hydrogens (tertiary/aromatic N) is 1. The van der Waals surface area contributed by atoms with Gasteiger partial charge in [-0.25, -0.2) is 18.6 Å². The molecule has 0 fully saturated rings. The quantitative estimate of drug-likeness (QED) is 0.527. The Hall–Kier alpha value is -3.28. The molecule has 0 unspecified atom stereocenters. The summed E-state index contributed by atoms with van der Waals surface area (Å²) < 4.78 is 36.8. The van der Waals surface area contributed by atoms with Crippen LogP contribution in [0.25, 0.3) is 0 Å². The molecular weight excluding hydrogens is 316 g/mol. The zero-order valence-electron chi connectivity index (χ0n) is 12.3. The third-order valence-corrected chi connectivity index (χ3v) is 2.99. The van der Waals surface area contributed by atoms with Crippen molar-refractivity contribution in [3.8, 4) is 17.4 Å². The molecule has 0 aliphatic rings. The van der Waals surface area contributed by atoms with Crippen LogP contribution in [0.1, 0.15) is 10.4 Å². The van der Waals surface area contributed by atoms with Crippen molar-refractivity contribution in [3.63, 3.8) is 0 Å². The van der Waals surface area contributed by atoms with Crippen molar-refractivity contribution >= 4 is 5.97 Å². The summed E-state index contributed by atoms with van der Waals surface area (Å²) in [4.78, 5) is 15.9. The Labute approximate surface area is 136 Å². The highest BCUT2D eigenvalue weighted by Crippen LogP contribution is 2.23. The molecule has 0 atom stereocenters.